The topological polar surface area (TPSA) is 99.2 Å². The monoisotopic (exact) mass is 466 g/mol. The Balaban J connectivity index is 1.48. The summed E-state index contributed by atoms with van der Waals surface area (Å²) in [6, 6.07) is 12.1. The second kappa shape index (κ2) is 10.2. The molecule has 0 bridgehead atoms. The Kier molecular flexibility index (Phi) is 7.14. The normalized spacial score (nSPS) is 15.0. The van der Waals surface area contributed by atoms with Crippen molar-refractivity contribution < 1.29 is 19.1 Å². The molecule has 0 spiro atoms. The zero-order valence-corrected chi connectivity index (χ0v) is 19.6. The summed E-state index contributed by atoms with van der Waals surface area (Å²) in [5.41, 5.74) is 2.77. The van der Waals surface area contributed by atoms with Crippen LogP contribution in [0.4, 0.5) is 10.5 Å². The van der Waals surface area contributed by atoms with Gasteiger partial charge in [0.1, 0.15) is 0 Å². The van der Waals surface area contributed by atoms with Gasteiger partial charge in [0, 0.05) is 44.0 Å². The summed E-state index contributed by atoms with van der Waals surface area (Å²) < 4.78 is 6.82. The number of Topliss-reactive ketones (excluding diaryl/α,β-unsaturated/α-hetero) is 1. The Morgan fingerprint density at radius 2 is 1.85 bits per heavy atom. The van der Waals surface area contributed by atoms with E-state index in [-0.39, 0.29) is 12.3 Å². The summed E-state index contributed by atoms with van der Waals surface area (Å²) in [5.74, 6) is -0.630. The first-order valence-corrected chi connectivity index (χ1v) is 11.5. The third kappa shape index (κ3) is 5.37. The number of carboxylic acid groups (broad SMARTS) is 1. The van der Waals surface area contributed by atoms with Crippen molar-refractivity contribution in [2.75, 3.05) is 51.2 Å². The molecule has 1 fully saturated rings. The Morgan fingerprint density at radius 3 is 2.56 bits per heavy atom. The Morgan fingerprint density at radius 1 is 1.09 bits per heavy atom. The predicted octanol–water partition coefficient (Wildman–Crippen LogP) is 2.97. The molecule has 9 heteroatoms. The second-order valence-electron chi connectivity index (χ2n) is 8.80. The number of oxazole rings is 1. The molecule has 0 radical (unpaired) electrons. The lowest BCUT2D eigenvalue weighted by Gasteiger charge is -2.32. The zero-order chi connectivity index (χ0) is 24.2. The molecule has 1 N–H and O–H groups in total. The molecule has 1 aromatic heterocycles. The van der Waals surface area contributed by atoms with Crippen LogP contribution >= 0.6 is 0 Å². The summed E-state index contributed by atoms with van der Waals surface area (Å²) in [7, 11) is 2.11. The summed E-state index contributed by atoms with van der Waals surface area (Å²) in [4.78, 5) is 42.1. The van der Waals surface area contributed by atoms with Gasteiger partial charge in [-0.1, -0.05) is 12.1 Å². The first kappa shape index (κ1) is 23.7. The Hall–Kier alpha value is -3.43. The van der Waals surface area contributed by atoms with Crippen molar-refractivity contribution >= 4 is 28.7 Å². The number of rotatable bonds is 8. The number of ketones is 1. The highest BCUT2D eigenvalue weighted by molar-refractivity contribution is 5.96. The van der Waals surface area contributed by atoms with Gasteiger partial charge in [0.25, 0.3) is 0 Å². The number of amides is 1. The van der Waals surface area contributed by atoms with Gasteiger partial charge in [-0.05, 0) is 62.8 Å². The highest BCUT2D eigenvalue weighted by Crippen LogP contribution is 2.21. The molecule has 0 aliphatic carbocycles. The minimum absolute atomic E-state index is 0.105. The van der Waals surface area contributed by atoms with Crippen LogP contribution in [0.25, 0.3) is 11.1 Å². The van der Waals surface area contributed by atoms with E-state index < -0.39 is 11.8 Å². The van der Waals surface area contributed by atoms with Gasteiger partial charge in [-0.15, -0.1) is 0 Å². The Labute approximate surface area is 197 Å². The summed E-state index contributed by atoms with van der Waals surface area (Å²) in [6.07, 6.45) is -0.261. The van der Waals surface area contributed by atoms with E-state index in [9.17, 15) is 19.5 Å². The van der Waals surface area contributed by atoms with Gasteiger partial charge in [0.05, 0.1) is 12.1 Å². The number of hydrogen-bond acceptors (Lipinski definition) is 6. The molecule has 2 aromatic carbocycles. The van der Waals surface area contributed by atoms with Crippen molar-refractivity contribution in [3.63, 3.8) is 0 Å². The lowest BCUT2D eigenvalue weighted by Crippen LogP contribution is -2.45. The molecule has 1 aliphatic heterocycles. The minimum Gasteiger partial charge on any atom is -0.465 e. The van der Waals surface area contributed by atoms with Crippen LogP contribution in [0, 0.1) is 0 Å². The zero-order valence-electron chi connectivity index (χ0n) is 19.6. The number of anilines is 1. The van der Waals surface area contributed by atoms with Crippen molar-refractivity contribution in [3.8, 4) is 0 Å². The number of carbonyl (C=O) groups is 2. The summed E-state index contributed by atoms with van der Waals surface area (Å²) in [5, 5.41) is 9.81. The van der Waals surface area contributed by atoms with Gasteiger partial charge >= 0.3 is 11.8 Å². The minimum atomic E-state index is -1.00. The van der Waals surface area contributed by atoms with E-state index >= 15 is 0 Å². The average Bonchev–Trinajstić information content (AvgIpc) is 3.12. The molecule has 0 unspecified atom stereocenters. The highest BCUT2D eigenvalue weighted by Gasteiger charge is 2.18. The van der Waals surface area contributed by atoms with Gasteiger partial charge in [0.15, 0.2) is 11.4 Å². The van der Waals surface area contributed by atoms with Crippen LogP contribution < -0.4 is 10.7 Å². The fraction of sp³-hybridized carbons (Fsp3) is 0.400. The number of fused-ring (bicyclic) bond motifs is 1. The van der Waals surface area contributed by atoms with Crippen molar-refractivity contribution in [1.82, 2.24) is 14.4 Å². The largest absolute Gasteiger partial charge is 0.465 e. The van der Waals surface area contributed by atoms with Crippen molar-refractivity contribution in [3.05, 3.63) is 64.1 Å². The van der Waals surface area contributed by atoms with Crippen LogP contribution in [0.15, 0.2) is 51.7 Å². The molecule has 1 aliphatic rings. The molecule has 9 nitrogen and oxygen atoms in total. The van der Waals surface area contributed by atoms with E-state index in [2.05, 4.69) is 16.8 Å². The lowest BCUT2D eigenvalue weighted by atomic mass is 10.1. The van der Waals surface area contributed by atoms with Crippen LogP contribution in [0.3, 0.4) is 0 Å². The van der Waals surface area contributed by atoms with Crippen LogP contribution in [-0.2, 0) is 6.54 Å². The highest BCUT2D eigenvalue weighted by atomic mass is 16.4. The molecule has 1 saturated heterocycles. The molecule has 34 heavy (non-hydrogen) atoms. The molecule has 0 saturated carbocycles. The lowest BCUT2D eigenvalue weighted by molar-refractivity contribution is 0.101. The van der Waals surface area contributed by atoms with Crippen LogP contribution in [0.5, 0.6) is 0 Å². The maximum Gasteiger partial charge on any atom is 0.420 e. The second-order valence-corrected chi connectivity index (χ2v) is 8.80. The van der Waals surface area contributed by atoms with Gasteiger partial charge in [-0.25, -0.2) is 9.59 Å². The Bertz CT molecular complexity index is 1240. The number of aromatic nitrogens is 1. The molecule has 0 atom stereocenters. The van der Waals surface area contributed by atoms with Gasteiger partial charge < -0.3 is 19.3 Å². The number of nitrogens with zero attached hydrogens (tertiary/aromatic N) is 4. The first-order chi connectivity index (χ1) is 16.3. The number of carbonyl (C=O) groups excluding carboxylic acids is 1. The number of piperazine rings is 1. The molecule has 4 rings (SSSR count). The van der Waals surface area contributed by atoms with E-state index in [1.807, 2.05) is 6.07 Å². The number of likely N-dealkylation sites (N-methyl/N-ethyl adjacent to an activating group) is 1. The van der Waals surface area contributed by atoms with E-state index in [1.54, 1.807) is 36.4 Å². The van der Waals surface area contributed by atoms with Crippen molar-refractivity contribution in [2.24, 2.45) is 0 Å². The van der Waals surface area contributed by atoms with Crippen molar-refractivity contribution in [1.29, 1.82) is 0 Å². The molecular formula is C25H30N4O5. The molecule has 180 valence electrons. The molecular weight excluding hydrogens is 436 g/mol. The molecule has 1 amide bonds. The third-order valence-electron chi connectivity index (χ3n) is 6.32. The standard InChI is InChI=1S/C25H30N4O5/c1-18(30)20-7-8-22-23(16-20)34-25(33)29(22)17-19-5-3-6-21(15-19)28(24(31)32)10-4-9-27-13-11-26(2)12-14-27/h3,5-8,15-16H,4,9-14,17H2,1-2H3,(H,31,32). The SMILES string of the molecule is CC(=O)c1ccc2c(c1)oc(=O)n2Cc1cccc(N(CCCN2CCN(C)CC2)C(=O)O)c1. The summed E-state index contributed by atoms with van der Waals surface area (Å²) in [6.45, 7) is 7.00. The fourth-order valence-corrected chi connectivity index (χ4v) is 4.30. The number of benzene rings is 2. The van der Waals surface area contributed by atoms with E-state index in [1.165, 1.54) is 16.4 Å². The predicted molar refractivity (Wildman–Crippen MR) is 130 cm³/mol. The smallest absolute Gasteiger partial charge is 0.420 e. The van der Waals surface area contributed by atoms with Crippen molar-refractivity contribution in [2.45, 2.75) is 19.9 Å². The van der Waals surface area contributed by atoms with Crippen LogP contribution in [0.2, 0.25) is 0 Å². The third-order valence-corrected chi connectivity index (χ3v) is 6.32. The van der Waals surface area contributed by atoms with E-state index in [0.717, 1.165) is 44.7 Å². The summed E-state index contributed by atoms with van der Waals surface area (Å²) >= 11 is 0. The first-order valence-electron chi connectivity index (χ1n) is 11.5. The number of hydrogen-bond donors (Lipinski definition) is 1. The van der Waals surface area contributed by atoms with Gasteiger partial charge in [-0.3, -0.25) is 14.3 Å². The molecule has 3 aromatic rings. The maximum atomic E-state index is 12.5. The van der Waals surface area contributed by atoms with Crippen LogP contribution in [0.1, 0.15) is 29.3 Å². The van der Waals surface area contributed by atoms with Gasteiger partial charge in [-0.2, -0.15) is 0 Å². The van der Waals surface area contributed by atoms with E-state index in [4.69, 9.17) is 4.42 Å². The maximum absolute atomic E-state index is 12.5. The van der Waals surface area contributed by atoms with Crippen LogP contribution in [-0.4, -0.2) is 77.7 Å². The fourth-order valence-electron chi connectivity index (χ4n) is 4.30. The average molecular weight is 467 g/mol. The van der Waals surface area contributed by atoms with Gasteiger partial charge in [0.2, 0.25) is 0 Å². The van der Waals surface area contributed by atoms with E-state index in [0.29, 0.717) is 28.9 Å². The quantitative estimate of drug-likeness (QED) is 0.510. The molecule has 2 heterocycles.